The average molecular weight is 418 g/mol. The maximum absolute atomic E-state index is 13.1. The second-order valence-corrected chi connectivity index (χ2v) is 8.25. The third kappa shape index (κ3) is 4.78. The Hall–Kier alpha value is -2.82. The molecule has 29 heavy (non-hydrogen) atoms. The van der Waals surface area contributed by atoms with Crippen LogP contribution in [0.2, 0.25) is 0 Å². The molecule has 1 saturated heterocycles. The van der Waals surface area contributed by atoms with Crippen molar-refractivity contribution in [3.05, 3.63) is 64.2 Å². The quantitative estimate of drug-likeness (QED) is 0.420. The second kappa shape index (κ2) is 9.12. The molecule has 0 radical (unpaired) electrons. The highest BCUT2D eigenvalue weighted by Crippen LogP contribution is 2.29. The number of morpholine rings is 1. The highest BCUT2D eigenvalue weighted by Gasteiger charge is 2.30. The fourth-order valence-corrected chi connectivity index (χ4v) is 4.53. The Morgan fingerprint density at radius 3 is 2.52 bits per heavy atom. The molecule has 0 bridgehead atoms. The predicted molar refractivity (Wildman–Crippen MR) is 110 cm³/mol. The van der Waals surface area contributed by atoms with E-state index in [2.05, 4.69) is 10.5 Å². The van der Waals surface area contributed by atoms with Crippen molar-refractivity contribution in [2.45, 2.75) is 18.2 Å². The molecular weight excluding hydrogens is 396 g/mol. The van der Waals surface area contributed by atoms with Crippen molar-refractivity contribution in [3.8, 4) is 0 Å². The van der Waals surface area contributed by atoms with Crippen LogP contribution in [0.15, 0.2) is 58.5 Å². The van der Waals surface area contributed by atoms with Crippen LogP contribution in [0.5, 0.6) is 0 Å². The van der Waals surface area contributed by atoms with Gasteiger partial charge < -0.3 is 4.74 Å². The highest BCUT2D eigenvalue weighted by atomic mass is 32.2. The number of anilines is 1. The number of nitrogens with zero attached hydrogens (tertiary/aromatic N) is 3. The molecule has 1 aliphatic heterocycles. The molecule has 3 rings (SSSR count). The lowest BCUT2D eigenvalue weighted by molar-refractivity contribution is -0.385. The summed E-state index contributed by atoms with van der Waals surface area (Å²) in [6, 6.07) is 13.2. The smallest absolute Gasteiger partial charge is 0.270 e. The Morgan fingerprint density at radius 1 is 1.21 bits per heavy atom. The van der Waals surface area contributed by atoms with Gasteiger partial charge in [-0.05, 0) is 18.1 Å². The third-order valence-electron chi connectivity index (χ3n) is 4.52. The number of hydrogen-bond donors (Lipinski definition) is 1. The summed E-state index contributed by atoms with van der Waals surface area (Å²) in [5.74, 6) is 0. The summed E-state index contributed by atoms with van der Waals surface area (Å²) in [7, 11) is -3.95. The summed E-state index contributed by atoms with van der Waals surface area (Å²) in [6.07, 6.45) is 0.621. The average Bonchev–Trinajstić information content (AvgIpc) is 2.75. The molecule has 0 aliphatic carbocycles. The largest absolute Gasteiger partial charge is 0.379 e. The van der Waals surface area contributed by atoms with Gasteiger partial charge in [-0.3, -0.25) is 15.5 Å². The zero-order valence-electron chi connectivity index (χ0n) is 15.9. The Balaban J connectivity index is 2.00. The van der Waals surface area contributed by atoms with Gasteiger partial charge >= 0.3 is 0 Å². The zero-order valence-corrected chi connectivity index (χ0v) is 16.8. The number of nitrogens with one attached hydrogen (secondary N) is 1. The molecule has 2 aromatic rings. The van der Waals surface area contributed by atoms with Crippen molar-refractivity contribution < 1.29 is 18.1 Å². The molecule has 0 saturated carbocycles. The van der Waals surface area contributed by atoms with Gasteiger partial charge in [0.05, 0.1) is 29.5 Å². The minimum atomic E-state index is -3.95. The molecule has 0 spiro atoms. The molecule has 1 N–H and O–H groups in total. The van der Waals surface area contributed by atoms with E-state index in [1.165, 1.54) is 16.4 Å². The van der Waals surface area contributed by atoms with Gasteiger partial charge in [-0.25, -0.2) is 8.42 Å². The van der Waals surface area contributed by atoms with Gasteiger partial charge in [0, 0.05) is 25.2 Å². The Morgan fingerprint density at radius 2 is 1.90 bits per heavy atom. The molecular formula is C19H22N4O5S. The van der Waals surface area contributed by atoms with Crippen LogP contribution in [-0.4, -0.2) is 49.7 Å². The molecule has 1 heterocycles. The second-order valence-electron chi connectivity index (χ2n) is 6.34. The summed E-state index contributed by atoms with van der Waals surface area (Å²) >= 11 is 0. The van der Waals surface area contributed by atoms with E-state index in [1.54, 1.807) is 0 Å². The van der Waals surface area contributed by atoms with Crippen LogP contribution < -0.4 is 5.43 Å². The van der Waals surface area contributed by atoms with Gasteiger partial charge in [-0.1, -0.05) is 37.3 Å². The first-order valence-corrected chi connectivity index (χ1v) is 10.6. The van der Waals surface area contributed by atoms with Crippen LogP contribution in [0.25, 0.3) is 0 Å². The van der Waals surface area contributed by atoms with E-state index < -0.39 is 14.9 Å². The number of nitro benzene ring substituents is 1. The van der Waals surface area contributed by atoms with Gasteiger partial charge in [0.2, 0.25) is 10.0 Å². The standard InChI is InChI=1S/C19H22N4O5S/c1-2-17(15-6-4-3-5-7-15)20-21-18-9-8-16(23(24)25)14-19(18)29(26,27)22-10-12-28-13-11-22/h3-9,14,21H,2,10-13H2,1H3/b20-17+. The normalized spacial score (nSPS) is 15.8. The van der Waals surface area contributed by atoms with E-state index in [1.807, 2.05) is 37.3 Å². The van der Waals surface area contributed by atoms with E-state index in [-0.39, 0.29) is 42.6 Å². The molecule has 0 unspecified atom stereocenters. The lowest BCUT2D eigenvalue weighted by atomic mass is 10.1. The van der Waals surface area contributed by atoms with Crippen LogP contribution in [0.3, 0.4) is 0 Å². The van der Waals surface area contributed by atoms with Gasteiger partial charge in [-0.2, -0.15) is 9.41 Å². The number of ether oxygens (including phenoxy) is 1. The fourth-order valence-electron chi connectivity index (χ4n) is 2.96. The van der Waals surface area contributed by atoms with Crippen molar-refractivity contribution >= 4 is 27.1 Å². The first-order chi connectivity index (χ1) is 13.9. The molecule has 2 aromatic carbocycles. The Kier molecular flexibility index (Phi) is 6.57. The monoisotopic (exact) mass is 418 g/mol. The van der Waals surface area contributed by atoms with E-state index in [0.717, 1.165) is 17.3 Å². The van der Waals surface area contributed by atoms with Crippen LogP contribution in [-0.2, 0) is 14.8 Å². The first kappa shape index (κ1) is 20.9. The van der Waals surface area contributed by atoms with Crippen molar-refractivity contribution in [2.24, 2.45) is 5.10 Å². The topological polar surface area (TPSA) is 114 Å². The maximum atomic E-state index is 13.1. The molecule has 10 heteroatoms. The molecule has 9 nitrogen and oxygen atoms in total. The van der Waals surface area contributed by atoms with Crippen molar-refractivity contribution in [3.63, 3.8) is 0 Å². The maximum Gasteiger partial charge on any atom is 0.270 e. The van der Waals surface area contributed by atoms with E-state index in [9.17, 15) is 18.5 Å². The minimum absolute atomic E-state index is 0.180. The predicted octanol–water partition coefficient (Wildman–Crippen LogP) is 2.84. The van der Waals surface area contributed by atoms with E-state index in [4.69, 9.17) is 4.74 Å². The summed E-state index contributed by atoms with van der Waals surface area (Å²) < 4.78 is 32.7. The highest BCUT2D eigenvalue weighted by molar-refractivity contribution is 7.89. The lowest BCUT2D eigenvalue weighted by Gasteiger charge is -2.26. The van der Waals surface area contributed by atoms with Crippen LogP contribution >= 0.6 is 0 Å². The molecule has 0 atom stereocenters. The van der Waals surface area contributed by atoms with Crippen molar-refractivity contribution in [1.82, 2.24) is 4.31 Å². The van der Waals surface area contributed by atoms with E-state index >= 15 is 0 Å². The van der Waals surface area contributed by atoms with Crippen LogP contribution in [0.4, 0.5) is 11.4 Å². The first-order valence-electron chi connectivity index (χ1n) is 9.18. The van der Waals surface area contributed by atoms with Gasteiger partial charge in [0.15, 0.2) is 0 Å². The number of non-ortho nitro benzene ring substituents is 1. The number of sulfonamides is 1. The number of hydrazone groups is 1. The molecule has 154 valence electrons. The summed E-state index contributed by atoms with van der Waals surface area (Å²) in [4.78, 5) is 10.4. The molecule has 0 aromatic heterocycles. The SMILES string of the molecule is CC/C(=N\Nc1ccc([N+](=O)[O-])cc1S(=O)(=O)N1CCOCC1)c1ccccc1. The van der Waals surface area contributed by atoms with Crippen molar-refractivity contribution in [1.29, 1.82) is 0 Å². The van der Waals surface area contributed by atoms with Gasteiger partial charge in [-0.15, -0.1) is 0 Å². The number of hydrogen-bond acceptors (Lipinski definition) is 7. The molecule has 1 fully saturated rings. The van der Waals surface area contributed by atoms with Gasteiger partial charge in [0.1, 0.15) is 4.90 Å². The van der Waals surface area contributed by atoms with Crippen LogP contribution in [0.1, 0.15) is 18.9 Å². The number of benzene rings is 2. The number of nitro groups is 1. The Labute approximate surface area is 169 Å². The van der Waals surface area contributed by atoms with Crippen molar-refractivity contribution in [2.75, 3.05) is 31.7 Å². The molecule has 0 amide bonds. The fraction of sp³-hybridized carbons (Fsp3) is 0.316. The molecule has 1 aliphatic rings. The zero-order chi connectivity index (χ0) is 20.9. The summed E-state index contributed by atoms with van der Waals surface area (Å²) in [6.45, 7) is 2.89. The minimum Gasteiger partial charge on any atom is -0.379 e. The van der Waals surface area contributed by atoms with E-state index in [0.29, 0.717) is 6.42 Å². The summed E-state index contributed by atoms with van der Waals surface area (Å²) in [5, 5.41) is 15.6. The number of rotatable bonds is 7. The van der Waals surface area contributed by atoms with Gasteiger partial charge in [0.25, 0.3) is 5.69 Å². The third-order valence-corrected chi connectivity index (χ3v) is 6.46. The lowest BCUT2D eigenvalue weighted by Crippen LogP contribution is -2.40. The van der Waals surface area contributed by atoms with Crippen LogP contribution in [0, 0.1) is 10.1 Å². The Bertz CT molecular complexity index is 1000. The summed E-state index contributed by atoms with van der Waals surface area (Å²) in [5.41, 5.74) is 4.33.